The average Bonchev–Trinajstić information content (AvgIpc) is 2.72. The molecule has 0 amide bonds. The smallest absolute Gasteiger partial charge is 0.265 e. The Balaban J connectivity index is 2.25. The zero-order valence-electron chi connectivity index (χ0n) is 9.42. The second-order valence-corrected chi connectivity index (χ2v) is 3.70. The molecule has 2 aromatic heterocycles. The maximum atomic E-state index is 12.9. The molecule has 0 bridgehead atoms. The predicted molar refractivity (Wildman–Crippen MR) is 58.4 cm³/mol. The van der Waals surface area contributed by atoms with Gasteiger partial charge in [-0.05, 0) is 11.2 Å². The summed E-state index contributed by atoms with van der Waals surface area (Å²) < 4.78 is 19.1. The van der Waals surface area contributed by atoms with Gasteiger partial charge in [-0.2, -0.15) is 4.98 Å². The molecule has 0 unspecified atom stereocenters. The molecule has 0 aliphatic carbocycles. The molecule has 2 rings (SSSR count). The van der Waals surface area contributed by atoms with E-state index < -0.39 is 5.82 Å². The number of pyridine rings is 1. The van der Waals surface area contributed by atoms with Crippen molar-refractivity contribution in [1.29, 1.82) is 0 Å². The molecule has 2 aromatic rings. The Morgan fingerprint density at radius 3 is 2.88 bits per heavy atom. The lowest BCUT2D eigenvalue weighted by atomic mass is 10.4. The number of halogens is 1. The van der Waals surface area contributed by atoms with E-state index in [0.717, 1.165) is 18.3 Å². The van der Waals surface area contributed by atoms with E-state index in [1.165, 1.54) is 4.57 Å². The Hall–Kier alpha value is -2.18. The molecule has 2 heterocycles. The van der Waals surface area contributed by atoms with Gasteiger partial charge in [0.15, 0.2) is 0 Å². The van der Waals surface area contributed by atoms with Gasteiger partial charge in [-0.15, -0.1) is 0 Å². The van der Waals surface area contributed by atoms with Crippen molar-refractivity contribution in [2.45, 2.75) is 6.54 Å². The normalized spacial score (nSPS) is 10.5. The lowest BCUT2D eigenvalue weighted by Gasteiger charge is -2.03. The summed E-state index contributed by atoms with van der Waals surface area (Å²) in [4.78, 5) is 17.1. The zero-order chi connectivity index (χ0) is 12.4. The van der Waals surface area contributed by atoms with Gasteiger partial charge in [0, 0.05) is 26.4 Å². The lowest BCUT2D eigenvalue weighted by Crippen LogP contribution is -2.19. The van der Waals surface area contributed by atoms with E-state index in [1.54, 1.807) is 19.0 Å². The van der Waals surface area contributed by atoms with Crippen LogP contribution in [0, 0.1) is 5.82 Å². The number of hydrogen-bond donors (Lipinski definition) is 0. The molecule has 0 spiro atoms. The molecule has 0 aliphatic heterocycles. The molecule has 0 aromatic carbocycles. The van der Waals surface area contributed by atoms with Gasteiger partial charge in [-0.1, -0.05) is 0 Å². The minimum absolute atomic E-state index is 0.0530. The van der Waals surface area contributed by atoms with Crippen molar-refractivity contribution in [2.24, 2.45) is 0 Å². The maximum Gasteiger partial charge on any atom is 0.265 e. The summed E-state index contributed by atoms with van der Waals surface area (Å²) in [6.07, 6.45) is 1.10. The highest BCUT2D eigenvalue weighted by Crippen LogP contribution is 2.06. The molecule has 90 valence electrons. The Morgan fingerprint density at radius 1 is 1.47 bits per heavy atom. The summed E-state index contributed by atoms with van der Waals surface area (Å²) in [6.45, 7) is 0.0530. The van der Waals surface area contributed by atoms with Crippen LogP contribution in [0.25, 0.3) is 0 Å². The van der Waals surface area contributed by atoms with Crippen molar-refractivity contribution >= 4 is 5.95 Å². The highest BCUT2D eigenvalue weighted by molar-refractivity contribution is 5.23. The second kappa shape index (κ2) is 4.36. The number of anilines is 1. The quantitative estimate of drug-likeness (QED) is 0.778. The van der Waals surface area contributed by atoms with Crippen LogP contribution in [0.15, 0.2) is 27.6 Å². The molecular weight excluding hydrogens is 227 g/mol. The molecule has 0 fully saturated rings. The first-order valence-corrected chi connectivity index (χ1v) is 4.92. The third-order valence-electron chi connectivity index (χ3n) is 2.11. The molecule has 0 radical (unpaired) electrons. The first-order valence-electron chi connectivity index (χ1n) is 4.92. The summed E-state index contributed by atoms with van der Waals surface area (Å²) in [7, 11) is 3.53. The monoisotopic (exact) mass is 238 g/mol. The minimum atomic E-state index is -0.489. The lowest BCUT2D eigenvalue weighted by molar-refractivity contribution is 0.368. The van der Waals surface area contributed by atoms with Gasteiger partial charge in [0.1, 0.15) is 12.4 Å². The Kier molecular flexibility index (Phi) is 2.90. The molecule has 0 atom stereocenters. The fraction of sp³-hybridized carbons (Fsp3) is 0.300. The second-order valence-electron chi connectivity index (χ2n) is 3.70. The van der Waals surface area contributed by atoms with E-state index in [2.05, 4.69) is 10.1 Å². The van der Waals surface area contributed by atoms with Crippen molar-refractivity contribution in [3.63, 3.8) is 0 Å². The van der Waals surface area contributed by atoms with Crippen LogP contribution in [0.3, 0.4) is 0 Å². The van der Waals surface area contributed by atoms with Gasteiger partial charge in [0.25, 0.3) is 11.5 Å². The van der Waals surface area contributed by atoms with Crippen molar-refractivity contribution in [3.05, 3.63) is 40.4 Å². The first-order chi connectivity index (χ1) is 8.06. The number of aromatic nitrogens is 3. The average molecular weight is 238 g/mol. The van der Waals surface area contributed by atoms with Crippen molar-refractivity contribution in [1.82, 2.24) is 14.7 Å². The molecule has 0 saturated carbocycles. The molecule has 0 N–H and O–H groups in total. The molecule has 0 saturated heterocycles. The summed E-state index contributed by atoms with van der Waals surface area (Å²) in [5.74, 6) is 0.169. The summed E-state index contributed by atoms with van der Waals surface area (Å²) >= 11 is 0. The highest BCUT2D eigenvalue weighted by Gasteiger charge is 2.09. The van der Waals surface area contributed by atoms with E-state index in [1.807, 2.05) is 0 Å². The molecular formula is C10H11FN4O2. The van der Waals surface area contributed by atoms with Crippen LogP contribution < -0.4 is 10.5 Å². The van der Waals surface area contributed by atoms with E-state index in [4.69, 9.17) is 4.52 Å². The molecule has 17 heavy (non-hydrogen) atoms. The summed E-state index contributed by atoms with van der Waals surface area (Å²) in [6, 6.07) is 2.26. The highest BCUT2D eigenvalue weighted by atomic mass is 19.1. The standard InChI is InChI=1S/C10H11FN4O2/c1-14(2)10-12-8(17-13-10)6-15-5-7(11)3-4-9(15)16/h3-5H,6H2,1-2H3. The third-order valence-corrected chi connectivity index (χ3v) is 2.11. The predicted octanol–water partition coefficient (Wildman–Crippen LogP) is 0.485. The van der Waals surface area contributed by atoms with Crippen molar-refractivity contribution < 1.29 is 8.91 Å². The fourth-order valence-electron chi connectivity index (χ4n) is 1.26. The van der Waals surface area contributed by atoms with Gasteiger partial charge in [-0.25, -0.2) is 4.39 Å². The zero-order valence-corrected chi connectivity index (χ0v) is 9.42. The van der Waals surface area contributed by atoms with Crippen LogP contribution in [0.4, 0.5) is 10.3 Å². The Labute approximate surface area is 96.3 Å². The van der Waals surface area contributed by atoms with E-state index in [9.17, 15) is 9.18 Å². The van der Waals surface area contributed by atoms with Gasteiger partial charge in [-0.3, -0.25) is 4.79 Å². The van der Waals surface area contributed by atoms with Crippen LogP contribution in [0.1, 0.15) is 5.89 Å². The van der Waals surface area contributed by atoms with Crippen LogP contribution in [0.2, 0.25) is 0 Å². The van der Waals surface area contributed by atoms with Crippen LogP contribution in [-0.2, 0) is 6.54 Å². The first kappa shape index (κ1) is 11.3. The fourth-order valence-corrected chi connectivity index (χ4v) is 1.26. The largest absolute Gasteiger partial charge is 0.344 e. The Bertz CT molecular complexity index is 576. The summed E-state index contributed by atoms with van der Waals surface area (Å²) in [5, 5.41) is 3.69. The van der Waals surface area contributed by atoms with E-state index in [-0.39, 0.29) is 18.0 Å². The minimum Gasteiger partial charge on any atom is -0.344 e. The number of nitrogens with zero attached hydrogens (tertiary/aromatic N) is 4. The molecule has 0 aliphatic rings. The van der Waals surface area contributed by atoms with Crippen molar-refractivity contribution in [2.75, 3.05) is 19.0 Å². The van der Waals surface area contributed by atoms with Gasteiger partial charge < -0.3 is 14.0 Å². The number of rotatable bonds is 3. The van der Waals surface area contributed by atoms with Crippen LogP contribution in [-0.4, -0.2) is 28.8 Å². The van der Waals surface area contributed by atoms with Crippen molar-refractivity contribution in [3.8, 4) is 0 Å². The van der Waals surface area contributed by atoms with Gasteiger partial charge in [0.2, 0.25) is 5.89 Å². The SMILES string of the molecule is CN(C)c1noc(Cn2cc(F)ccc2=O)n1. The molecule has 6 nitrogen and oxygen atoms in total. The van der Waals surface area contributed by atoms with Crippen LogP contribution in [0.5, 0.6) is 0 Å². The summed E-state index contributed by atoms with van der Waals surface area (Å²) in [5.41, 5.74) is -0.323. The van der Waals surface area contributed by atoms with Crippen LogP contribution >= 0.6 is 0 Å². The molecule has 7 heteroatoms. The third kappa shape index (κ3) is 2.49. The van der Waals surface area contributed by atoms with Gasteiger partial charge in [0.05, 0.1) is 0 Å². The van der Waals surface area contributed by atoms with E-state index >= 15 is 0 Å². The number of hydrogen-bond acceptors (Lipinski definition) is 5. The van der Waals surface area contributed by atoms with E-state index in [0.29, 0.717) is 5.95 Å². The van der Waals surface area contributed by atoms with Gasteiger partial charge >= 0.3 is 0 Å². The maximum absolute atomic E-state index is 12.9. The topological polar surface area (TPSA) is 64.2 Å². The Morgan fingerprint density at radius 2 is 2.24 bits per heavy atom.